The first-order chi connectivity index (χ1) is 17.5. The molecule has 37 heavy (non-hydrogen) atoms. The van der Waals surface area contributed by atoms with Gasteiger partial charge in [0.1, 0.15) is 16.6 Å². The first-order valence-corrected chi connectivity index (χ1v) is 15.2. The fourth-order valence-electron chi connectivity index (χ4n) is 5.96. The van der Waals surface area contributed by atoms with Gasteiger partial charge in [-0.25, -0.2) is 18.2 Å². The number of sulfone groups is 1. The van der Waals surface area contributed by atoms with Crippen LogP contribution in [0.2, 0.25) is 0 Å². The van der Waals surface area contributed by atoms with Gasteiger partial charge in [0.05, 0.1) is 37.2 Å². The van der Waals surface area contributed by atoms with Gasteiger partial charge in [0.25, 0.3) is 0 Å². The molecule has 2 atom stereocenters. The lowest BCUT2D eigenvalue weighted by molar-refractivity contribution is -0.0813. The summed E-state index contributed by atoms with van der Waals surface area (Å²) in [6, 6.07) is 3.68. The fourth-order valence-corrected chi connectivity index (χ4v) is 7.38. The molecule has 206 valence electrons. The number of carbonyl (C=O) groups is 1. The van der Waals surface area contributed by atoms with Gasteiger partial charge in [-0.3, -0.25) is 0 Å². The van der Waals surface area contributed by atoms with Gasteiger partial charge in [-0.1, -0.05) is 0 Å². The molecule has 1 saturated carbocycles. The third-order valence-corrected chi connectivity index (χ3v) is 9.90. The molecule has 0 radical (unpaired) electrons. The van der Waals surface area contributed by atoms with E-state index in [1.165, 1.54) is 0 Å². The van der Waals surface area contributed by atoms with Crippen LogP contribution < -0.4 is 4.74 Å². The summed E-state index contributed by atoms with van der Waals surface area (Å²) in [4.78, 5) is 19.0. The second-order valence-corrected chi connectivity index (χ2v) is 14.1. The van der Waals surface area contributed by atoms with Crippen LogP contribution in [0.3, 0.4) is 0 Å². The van der Waals surface area contributed by atoms with Gasteiger partial charge in [-0.05, 0) is 91.2 Å². The van der Waals surface area contributed by atoms with Crippen LogP contribution in [0.1, 0.15) is 77.8 Å². The second kappa shape index (κ2) is 10.3. The Morgan fingerprint density at radius 1 is 0.973 bits per heavy atom. The summed E-state index contributed by atoms with van der Waals surface area (Å²) in [7, 11) is -3.45. The van der Waals surface area contributed by atoms with Crippen molar-refractivity contribution in [2.45, 2.75) is 125 Å². The molecule has 9 nitrogen and oxygen atoms in total. The minimum absolute atomic E-state index is 0.0630. The van der Waals surface area contributed by atoms with Gasteiger partial charge in [-0.2, -0.15) is 0 Å². The van der Waals surface area contributed by atoms with Crippen LogP contribution in [0, 0.1) is 6.92 Å². The van der Waals surface area contributed by atoms with Crippen molar-refractivity contribution >= 4 is 15.9 Å². The van der Waals surface area contributed by atoms with Crippen molar-refractivity contribution in [1.82, 2.24) is 9.88 Å². The molecule has 4 heterocycles. The summed E-state index contributed by atoms with van der Waals surface area (Å²) in [6.45, 7) is 7.98. The molecule has 1 aliphatic carbocycles. The molecule has 0 N–H and O–H groups in total. The number of hydrogen-bond acceptors (Lipinski definition) is 8. The largest absolute Gasteiger partial charge is 0.489 e. The number of pyridine rings is 1. The number of hydrogen-bond donors (Lipinski definition) is 0. The van der Waals surface area contributed by atoms with Crippen LogP contribution in [-0.2, 0) is 24.0 Å². The normalized spacial score (nSPS) is 30.6. The highest BCUT2D eigenvalue weighted by Gasteiger charge is 2.46. The Labute approximate surface area is 220 Å². The Bertz CT molecular complexity index is 1080. The molecule has 2 bridgehead atoms. The lowest BCUT2D eigenvalue weighted by Crippen LogP contribution is -2.50. The van der Waals surface area contributed by atoms with Crippen LogP contribution >= 0.6 is 0 Å². The number of aryl methyl sites for hydroxylation is 1. The van der Waals surface area contributed by atoms with Gasteiger partial charge in [0.2, 0.25) is 9.84 Å². The monoisotopic (exact) mass is 536 g/mol. The summed E-state index contributed by atoms with van der Waals surface area (Å²) in [5, 5.41) is -0.407. The van der Waals surface area contributed by atoms with E-state index in [4.69, 9.17) is 18.9 Å². The molecule has 0 aromatic carbocycles. The van der Waals surface area contributed by atoms with E-state index in [1.54, 1.807) is 19.1 Å². The SMILES string of the molecule is Cc1nc(S(=O)(=O)C2COC2)ccc1OC1CCC(OC2CC3CCC(C2)N3C(=O)OC(C)(C)C)CC1. The number of piperidine rings is 1. The van der Waals surface area contributed by atoms with Gasteiger partial charge in [-0.15, -0.1) is 0 Å². The van der Waals surface area contributed by atoms with E-state index in [1.807, 2.05) is 25.7 Å². The van der Waals surface area contributed by atoms with E-state index >= 15 is 0 Å². The third-order valence-electron chi connectivity index (χ3n) is 7.94. The summed E-state index contributed by atoms with van der Waals surface area (Å²) in [6.07, 6.45) is 7.66. The fraction of sp³-hybridized carbons (Fsp3) is 0.778. The summed E-state index contributed by atoms with van der Waals surface area (Å²) >= 11 is 0. The zero-order valence-corrected chi connectivity index (χ0v) is 23.2. The second-order valence-electron chi connectivity index (χ2n) is 12.0. The van der Waals surface area contributed by atoms with Crippen molar-refractivity contribution < 1.29 is 32.2 Å². The Hall–Kier alpha value is -1.91. The van der Waals surface area contributed by atoms with Crippen molar-refractivity contribution in [3.05, 3.63) is 17.8 Å². The lowest BCUT2D eigenvalue weighted by atomic mass is 9.93. The number of fused-ring (bicyclic) bond motifs is 2. The molecule has 3 aliphatic heterocycles. The molecule has 3 saturated heterocycles. The van der Waals surface area contributed by atoms with Crippen molar-refractivity contribution in [3.63, 3.8) is 0 Å². The standard InChI is InChI=1S/C27H40N2O7S/c1-17-24(11-12-25(28-17)37(31,32)23-15-33-16-23)35-21-9-7-20(8-10-21)34-22-13-18-5-6-19(14-22)29(18)26(30)36-27(2,3)4/h11-12,18-23H,5-10,13-16H2,1-4H3. The van der Waals surface area contributed by atoms with E-state index in [0.29, 0.717) is 11.4 Å². The number of ether oxygens (including phenoxy) is 4. The predicted octanol–water partition coefficient (Wildman–Crippen LogP) is 4.20. The molecular weight excluding hydrogens is 496 g/mol. The van der Waals surface area contributed by atoms with Crippen molar-refractivity contribution in [2.75, 3.05) is 13.2 Å². The van der Waals surface area contributed by atoms with Crippen LogP contribution in [0.15, 0.2) is 17.2 Å². The van der Waals surface area contributed by atoms with E-state index in [-0.39, 0.29) is 54.7 Å². The van der Waals surface area contributed by atoms with E-state index < -0.39 is 20.7 Å². The molecule has 0 spiro atoms. The van der Waals surface area contributed by atoms with Gasteiger partial charge in [0, 0.05) is 12.1 Å². The number of carbonyl (C=O) groups excluding carboxylic acids is 1. The summed E-state index contributed by atoms with van der Waals surface area (Å²) in [5.41, 5.74) is 0.108. The van der Waals surface area contributed by atoms with Gasteiger partial charge in [0.15, 0.2) is 5.03 Å². The maximum absolute atomic E-state index is 12.7. The smallest absolute Gasteiger partial charge is 0.410 e. The van der Waals surface area contributed by atoms with Crippen LogP contribution in [0.25, 0.3) is 0 Å². The minimum Gasteiger partial charge on any atom is -0.489 e. The van der Waals surface area contributed by atoms with Crippen LogP contribution in [-0.4, -0.2) is 78.9 Å². The first kappa shape index (κ1) is 26.7. The third kappa shape index (κ3) is 5.91. The molecular formula is C27H40N2O7S. The van der Waals surface area contributed by atoms with Crippen molar-refractivity contribution in [1.29, 1.82) is 0 Å². The topological polar surface area (TPSA) is 104 Å². The predicted molar refractivity (Wildman–Crippen MR) is 136 cm³/mol. The molecule has 5 rings (SSSR count). The Balaban J connectivity index is 1.09. The molecule has 4 fully saturated rings. The maximum atomic E-state index is 12.7. The zero-order chi connectivity index (χ0) is 26.4. The quantitative estimate of drug-likeness (QED) is 0.533. The first-order valence-electron chi connectivity index (χ1n) is 13.6. The van der Waals surface area contributed by atoms with E-state index in [0.717, 1.165) is 51.4 Å². The molecule has 2 unspecified atom stereocenters. The maximum Gasteiger partial charge on any atom is 0.410 e. The molecule has 1 aromatic heterocycles. The molecule has 10 heteroatoms. The molecule has 4 aliphatic rings. The Morgan fingerprint density at radius 2 is 1.59 bits per heavy atom. The zero-order valence-electron chi connectivity index (χ0n) is 22.4. The number of aromatic nitrogens is 1. The van der Waals surface area contributed by atoms with Crippen LogP contribution in [0.4, 0.5) is 4.79 Å². The molecule has 1 aromatic rings. The van der Waals surface area contributed by atoms with Crippen LogP contribution in [0.5, 0.6) is 5.75 Å². The van der Waals surface area contributed by atoms with E-state index in [9.17, 15) is 13.2 Å². The van der Waals surface area contributed by atoms with Crippen molar-refractivity contribution in [3.8, 4) is 5.75 Å². The summed E-state index contributed by atoms with van der Waals surface area (Å²) in [5.74, 6) is 0.638. The van der Waals surface area contributed by atoms with Crippen molar-refractivity contribution in [2.24, 2.45) is 0 Å². The number of nitrogens with zero attached hydrogens (tertiary/aromatic N) is 2. The van der Waals surface area contributed by atoms with Gasteiger partial charge >= 0.3 is 6.09 Å². The summed E-state index contributed by atoms with van der Waals surface area (Å²) < 4.78 is 48.6. The molecule has 1 amide bonds. The Morgan fingerprint density at radius 3 is 2.14 bits per heavy atom. The van der Waals surface area contributed by atoms with Gasteiger partial charge < -0.3 is 23.8 Å². The Kier molecular flexibility index (Phi) is 7.46. The number of rotatable bonds is 6. The van der Waals surface area contributed by atoms with E-state index in [2.05, 4.69) is 4.98 Å². The highest BCUT2D eigenvalue weighted by Crippen LogP contribution is 2.39. The average molecular weight is 537 g/mol. The number of amides is 1. The highest BCUT2D eigenvalue weighted by molar-refractivity contribution is 7.92. The minimum atomic E-state index is -3.45. The average Bonchev–Trinajstić information content (AvgIpc) is 3.04. The lowest BCUT2D eigenvalue weighted by Gasteiger charge is -2.41. The highest BCUT2D eigenvalue weighted by atomic mass is 32.2.